The van der Waals surface area contributed by atoms with Crippen LogP contribution in [-0.2, 0) is 0 Å². The Morgan fingerprint density at radius 3 is 2.45 bits per heavy atom. The molecule has 0 amide bonds. The smallest absolute Gasteiger partial charge is 0.230 e. The van der Waals surface area contributed by atoms with E-state index in [2.05, 4.69) is 57.4 Å². The summed E-state index contributed by atoms with van der Waals surface area (Å²) < 4.78 is 0. The van der Waals surface area contributed by atoms with Crippen molar-refractivity contribution in [3.63, 3.8) is 0 Å². The van der Waals surface area contributed by atoms with Crippen molar-refractivity contribution >= 4 is 23.2 Å². The number of thiophene rings is 1. The van der Waals surface area contributed by atoms with Crippen molar-refractivity contribution in [3.8, 4) is 11.4 Å². The number of hydrogen-bond acceptors (Lipinski definition) is 6. The van der Waals surface area contributed by atoms with Crippen molar-refractivity contribution in [2.75, 3.05) is 29.9 Å². The van der Waals surface area contributed by atoms with Gasteiger partial charge in [0, 0.05) is 30.1 Å². The summed E-state index contributed by atoms with van der Waals surface area (Å²) in [5, 5.41) is 5.26. The van der Waals surface area contributed by atoms with Crippen LogP contribution in [0, 0.1) is 6.92 Å². The van der Waals surface area contributed by atoms with E-state index in [0.717, 1.165) is 37.0 Å². The van der Waals surface area contributed by atoms with Gasteiger partial charge in [0.2, 0.25) is 11.9 Å². The summed E-state index contributed by atoms with van der Waals surface area (Å²) >= 11 is 1.71. The van der Waals surface area contributed by atoms with Crippen molar-refractivity contribution in [2.24, 2.45) is 0 Å². The second-order valence-electron chi connectivity index (χ2n) is 4.38. The minimum Gasteiger partial charge on any atom is -0.354 e. The van der Waals surface area contributed by atoms with Gasteiger partial charge in [-0.2, -0.15) is 15.0 Å². The molecule has 5 nitrogen and oxygen atoms in total. The maximum atomic E-state index is 4.63. The molecule has 0 radical (unpaired) electrons. The van der Waals surface area contributed by atoms with Crippen LogP contribution in [0.2, 0.25) is 0 Å². The van der Waals surface area contributed by atoms with E-state index < -0.39 is 0 Å². The molecule has 0 atom stereocenters. The quantitative estimate of drug-likeness (QED) is 0.886. The van der Waals surface area contributed by atoms with Crippen molar-refractivity contribution in [1.29, 1.82) is 0 Å². The first-order valence-corrected chi connectivity index (χ1v) is 7.86. The fourth-order valence-corrected chi connectivity index (χ4v) is 2.68. The van der Waals surface area contributed by atoms with E-state index >= 15 is 0 Å². The molecule has 6 heteroatoms. The average Bonchev–Trinajstić information content (AvgIpc) is 2.87. The minimum absolute atomic E-state index is 0.644. The number of aryl methyl sites for hydroxylation is 1. The minimum atomic E-state index is 0.644. The number of anilines is 2. The molecular formula is C14H21N5S. The molecule has 0 aromatic carbocycles. The van der Waals surface area contributed by atoms with Crippen LogP contribution in [0.15, 0.2) is 11.4 Å². The van der Waals surface area contributed by atoms with Crippen LogP contribution < -0.4 is 10.2 Å². The monoisotopic (exact) mass is 291 g/mol. The number of aromatic nitrogens is 3. The molecule has 2 aromatic rings. The van der Waals surface area contributed by atoms with Gasteiger partial charge in [0.05, 0.1) is 0 Å². The predicted octanol–water partition coefficient (Wildman–Crippen LogP) is 3.19. The van der Waals surface area contributed by atoms with Crippen molar-refractivity contribution in [3.05, 3.63) is 16.3 Å². The van der Waals surface area contributed by atoms with E-state index in [-0.39, 0.29) is 0 Å². The van der Waals surface area contributed by atoms with E-state index in [1.165, 1.54) is 4.88 Å². The Morgan fingerprint density at radius 1 is 1.15 bits per heavy atom. The van der Waals surface area contributed by atoms with E-state index in [9.17, 15) is 0 Å². The molecule has 108 valence electrons. The summed E-state index contributed by atoms with van der Waals surface area (Å²) in [5.41, 5.74) is 1.09. The molecule has 0 bridgehead atoms. The van der Waals surface area contributed by atoms with Gasteiger partial charge in [-0.05, 0) is 39.1 Å². The Kier molecular flexibility index (Phi) is 4.89. The van der Waals surface area contributed by atoms with E-state index in [1.807, 2.05) is 6.92 Å². The van der Waals surface area contributed by atoms with Gasteiger partial charge in [-0.15, -0.1) is 11.3 Å². The Balaban J connectivity index is 2.48. The van der Waals surface area contributed by atoms with Crippen molar-refractivity contribution < 1.29 is 0 Å². The maximum Gasteiger partial charge on any atom is 0.230 e. The number of nitrogens with zero attached hydrogens (tertiary/aromatic N) is 4. The van der Waals surface area contributed by atoms with Gasteiger partial charge in [-0.3, -0.25) is 0 Å². The normalized spacial score (nSPS) is 10.6. The Bertz CT molecular complexity index is 562. The fraction of sp³-hybridized carbons (Fsp3) is 0.500. The van der Waals surface area contributed by atoms with Crippen LogP contribution in [0.1, 0.15) is 25.6 Å². The first kappa shape index (κ1) is 14.7. The van der Waals surface area contributed by atoms with Crippen LogP contribution in [0.3, 0.4) is 0 Å². The largest absolute Gasteiger partial charge is 0.354 e. The highest BCUT2D eigenvalue weighted by atomic mass is 32.1. The molecule has 0 saturated heterocycles. The molecule has 0 aliphatic heterocycles. The third kappa shape index (κ3) is 3.07. The third-order valence-corrected chi connectivity index (χ3v) is 3.95. The molecule has 0 fully saturated rings. The van der Waals surface area contributed by atoms with Crippen LogP contribution in [-0.4, -0.2) is 34.6 Å². The van der Waals surface area contributed by atoms with Crippen LogP contribution in [0.5, 0.6) is 0 Å². The first-order chi connectivity index (χ1) is 9.69. The molecule has 0 saturated carbocycles. The summed E-state index contributed by atoms with van der Waals surface area (Å²) in [6.45, 7) is 10.9. The highest BCUT2D eigenvalue weighted by Gasteiger charge is 2.14. The predicted molar refractivity (Wildman–Crippen MR) is 85.6 cm³/mol. The van der Waals surface area contributed by atoms with E-state index in [0.29, 0.717) is 5.95 Å². The van der Waals surface area contributed by atoms with Crippen molar-refractivity contribution in [2.45, 2.75) is 27.7 Å². The Labute approximate surface area is 124 Å². The fourth-order valence-electron chi connectivity index (χ4n) is 1.99. The molecule has 0 spiro atoms. The third-order valence-electron chi connectivity index (χ3n) is 3.10. The highest BCUT2D eigenvalue weighted by Crippen LogP contribution is 2.26. The van der Waals surface area contributed by atoms with Crippen LogP contribution in [0.25, 0.3) is 11.4 Å². The van der Waals surface area contributed by atoms with Gasteiger partial charge in [-0.1, -0.05) is 0 Å². The zero-order chi connectivity index (χ0) is 14.5. The molecule has 2 aromatic heterocycles. The summed E-state index contributed by atoms with van der Waals surface area (Å²) in [7, 11) is 0. The Morgan fingerprint density at radius 2 is 1.90 bits per heavy atom. The Hall–Kier alpha value is -1.69. The topological polar surface area (TPSA) is 53.9 Å². The van der Waals surface area contributed by atoms with Crippen molar-refractivity contribution in [1.82, 2.24) is 15.0 Å². The average molecular weight is 291 g/mol. The summed E-state index contributed by atoms with van der Waals surface area (Å²) in [6, 6.07) is 2.07. The molecule has 1 N–H and O–H groups in total. The number of nitrogens with one attached hydrogen (secondary N) is 1. The second-order valence-corrected chi connectivity index (χ2v) is 5.50. The lowest BCUT2D eigenvalue weighted by molar-refractivity contribution is 0.814. The molecule has 20 heavy (non-hydrogen) atoms. The lowest BCUT2D eigenvalue weighted by Gasteiger charge is -2.19. The zero-order valence-electron chi connectivity index (χ0n) is 12.5. The van der Waals surface area contributed by atoms with Gasteiger partial charge in [0.1, 0.15) is 0 Å². The second kappa shape index (κ2) is 6.65. The molecule has 0 unspecified atom stereocenters. The molecular weight excluding hydrogens is 270 g/mol. The maximum absolute atomic E-state index is 4.63. The van der Waals surface area contributed by atoms with Gasteiger partial charge in [-0.25, -0.2) is 0 Å². The number of hydrogen-bond donors (Lipinski definition) is 1. The van der Waals surface area contributed by atoms with Crippen LogP contribution in [0.4, 0.5) is 11.9 Å². The van der Waals surface area contributed by atoms with Crippen LogP contribution >= 0.6 is 11.3 Å². The summed E-state index contributed by atoms with van der Waals surface area (Å²) in [5.74, 6) is 2.13. The molecule has 2 rings (SSSR count). The standard InChI is InChI=1S/C14H21N5S/c1-5-15-13-16-12(11-8-9-20-10(11)4)17-14(18-13)19(6-2)7-3/h8-9H,5-7H2,1-4H3,(H,15,16,17,18). The summed E-state index contributed by atoms with van der Waals surface area (Å²) in [6.07, 6.45) is 0. The lowest BCUT2D eigenvalue weighted by atomic mass is 10.2. The first-order valence-electron chi connectivity index (χ1n) is 6.98. The van der Waals surface area contributed by atoms with E-state index in [1.54, 1.807) is 11.3 Å². The molecule has 2 heterocycles. The SMILES string of the molecule is CCNc1nc(-c2ccsc2C)nc(N(CC)CC)n1. The molecule has 0 aliphatic rings. The van der Waals surface area contributed by atoms with Gasteiger partial charge in [0.15, 0.2) is 5.82 Å². The van der Waals surface area contributed by atoms with Gasteiger partial charge >= 0.3 is 0 Å². The lowest BCUT2D eigenvalue weighted by Crippen LogP contribution is -2.25. The summed E-state index contributed by atoms with van der Waals surface area (Å²) in [4.78, 5) is 17.0. The van der Waals surface area contributed by atoms with E-state index in [4.69, 9.17) is 0 Å². The van der Waals surface area contributed by atoms with Gasteiger partial charge < -0.3 is 10.2 Å². The highest BCUT2D eigenvalue weighted by molar-refractivity contribution is 7.10. The molecule has 0 aliphatic carbocycles. The zero-order valence-corrected chi connectivity index (χ0v) is 13.3. The van der Waals surface area contributed by atoms with Gasteiger partial charge in [0.25, 0.3) is 0 Å². The number of rotatable bonds is 6.